The van der Waals surface area contributed by atoms with Crippen LogP contribution in [0.2, 0.25) is 0 Å². The summed E-state index contributed by atoms with van der Waals surface area (Å²) in [6.45, 7) is 2.11. The van der Waals surface area contributed by atoms with E-state index in [4.69, 9.17) is 23.9 Å². The maximum Gasteiger partial charge on any atom is 0.161 e. The van der Waals surface area contributed by atoms with E-state index in [2.05, 4.69) is 6.92 Å². The number of rotatable bonds is 5. The summed E-state index contributed by atoms with van der Waals surface area (Å²) >= 11 is 0. The molecule has 0 aromatic heterocycles. The first kappa shape index (κ1) is 19.9. The average molecular weight is 378 g/mol. The third kappa shape index (κ3) is 3.58. The normalized spacial score (nSPS) is 15.3. The minimum atomic E-state index is 0. The van der Waals surface area contributed by atoms with Gasteiger partial charge in [0, 0.05) is 11.1 Å². The largest absolute Gasteiger partial charge is 0.493 e. The maximum atomic E-state index is 5.47. The van der Waals surface area contributed by atoms with Crippen molar-refractivity contribution in [2.45, 2.75) is 19.4 Å². The molecule has 140 valence electrons. The molecule has 0 saturated heterocycles. The zero-order chi connectivity index (χ0) is 18.0. The van der Waals surface area contributed by atoms with Crippen molar-refractivity contribution in [3.05, 3.63) is 47.0 Å². The van der Waals surface area contributed by atoms with Crippen LogP contribution in [0, 0.1) is 0 Å². The van der Waals surface area contributed by atoms with Crippen LogP contribution in [-0.2, 0) is 6.42 Å². The van der Waals surface area contributed by atoms with Crippen molar-refractivity contribution in [2.24, 2.45) is 4.99 Å². The summed E-state index contributed by atoms with van der Waals surface area (Å²) in [6.07, 6.45) is 0.868. The van der Waals surface area contributed by atoms with Crippen LogP contribution < -0.4 is 18.9 Å². The smallest absolute Gasteiger partial charge is 0.161 e. The van der Waals surface area contributed by atoms with Crippen molar-refractivity contribution in [1.82, 2.24) is 0 Å². The fraction of sp³-hybridized carbons (Fsp3) is 0.350. The molecule has 1 atom stereocenters. The van der Waals surface area contributed by atoms with E-state index < -0.39 is 0 Å². The zero-order valence-electron chi connectivity index (χ0n) is 15.7. The second kappa shape index (κ2) is 8.32. The van der Waals surface area contributed by atoms with Crippen LogP contribution in [0.1, 0.15) is 23.6 Å². The average Bonchev–Trinajstić information content (AvgIpc) is 2.65. The summed E-state index contributed by atoms with van der Waals surface area (Å²) in [4.78, 5) is 4.88. The van der Waals surface area contributed by atoms with Gasteiger partial charge in [-0.25, -0.2) is 0 Å². The maximum absolute atomic E-state index is 5.47. The minimum absolute atomic E-state index is 0. The number of nitrogens with zero attached hydrogens (tertiary/aromatic N) is 1. The van der Waals surface area contributed by atoms with E-state index in [1.807, 2.05) is 30.3 Å². The Kier molecular flexibility index (Phi) is 6.37. The Labute approximate surface area is 160 Å². The van der Waals surface area contributed by atoms with E-state index in [0.717, 1.165) is 29.0 Å². The molecule has 1 unspecified atom stereocenters. The van der Waals surface area contributed by atoms with Crippen LogP contribution in [0.25, 0.3) is 0 Å². The Balaban J connectivity index is 0.00000243. The minimum Gasteiger partial charge on any atom is -0.493 e. The molecule has 0 saturated carbocycles. The molecule has 1 heterocycles. The van der Waals surface area contributed by atoms with Gasteiger partial charge in [0.25, 0.3) is 0 Å². The van der Waals surface area contributed by atoms with Gasteiger partial charge in [-0.05, 0) is 49.2 Å². The first-order chi connectivity index (χ1) is 12.1. The highest BCUT2D eigenvalue weighted by Gasteiger charge is 2.23. The number of halogens is 1. The predicted molar refractivity (Wildman–Crippen MR) is 105 cm³/mol. The number of ether oxygens (including phenoxy) is 4. The van der Waals surface area contributed by atoms with Crippen molar-refractivity contribution in [2.75, 3.05) is 28.4 Å². The first-order valence-electron chi connectivity index (χ1n) is 8.16. The number of hydrogen-bond acceptors (Lipinski definition) is 5. The highest BCUT2D eigenvalue weighted by Crippen LogP contribution is 2.36. The molecular formula is C20H24ClNO4. The van der Waals surface area contributed by atoms with Crippen molar-refractivity contribution in [3.63, 3.8) is 0 Å². The first-order valence-corrected chi connectivity index (χ1v) is 8.16. The molecule has 1 aliphatic heterocycles. The molecule has 1 aliphatic rings. The summed E-state index contributed by atoms with van der Waals surface area (Å²) in [5.41, 5.74) is 4.17. The van der Waals surface area contributed by atoms with Crippen LogP contribution in [-0.4, -0.2) is 40.2 Å². The molecule has 2 aromatic carbocycles. The van der Waals surface area contributed by atoms with Gasteiger partial charge in [0.05, 0.1) is 40.2 Å². The summed E-state index contributed by atoms with van der Waals surface area (Å²) in [5.74, 6) is 2.82. The number of benzene rings is 2. The lowest BCUT2D eigenvalue weighted by molar-refractivity contribution is 0.354. The van der Waals surface area contributed by atoms with E-state index in [1.165, 1.54) is 5.56 Å². The van der Waals surface area contributed by atoms with Gasteiger partial charge in [0.1, 0.15) is 0 Å². The molecule has 2 aromatic rings. The fourth-order valence-electron chi connectivity index (χ4n) is 3.18. The lowest BCUT2D eigenvalue weighted by Gasteiger charge is -2.23. The van der Waals surface area contributed by atoms with E-state index in [0.29, 0.717) is 17.2 Å². The summed E-state index contributed by atoms with van der Waals surface area (Å²) in [7, 11) is 6.56. The van der Waals surface area contributed by atoms with Crippen LogP contribution in [0.15, 0.2) is 35.3 Å². The molecule has 26 heavy (non-hydrogen) atoms. The lowest BCUT2D eigenvalue weighted by Crippen LogP contribution is -2.20. The van der Waals surface area contributed by atoms with Gasteiger partial charge in [-0.3, -0.25) is 4.99 Å². The van der Waals surface area contributed by atoms with E-state index >= 15 is 0 Å². The molecule has 0 radical (unpaired) electrons. The molecular weight excluding hydrogens is 354 g/mol. The van der Waals surface area contributed by atoms with Gasteiger partial charge in [-0.15, -0.1) is 12.4 Å². The molecule has 5 nitrogen and oxygen atoms in total. The molecule has 0 N–H and O–H groups in total. The predicted octanol–water partition coefficient (Wildman–Crippen LogP) is 3.92. The fourth-order valence-corrected chi connectivity index (χ4v) is 3.18. The zero-order valence-corrected chi connectivity index (χ0v) is 16.5. The molecule has 6 heteroatoms. The highest BCUT2D eigenvalue weighted by molar-refractivity contribution is 6.15. The second-order valence-electron chi connectivity index (χ2n) is 5.96. The quantitative estimate of drug-likeness (QED) is 0.792. The van der Waals surface area contributed by atoms with Crippen molar-refractivity contribution < 1.29 is 18.9 Å². The Morgan fingerprint density at radius 2 is 1.38 bits per heavy atom. The van der Waals surface area contributed by atoms with Gasteiger partial charge >= 0.3 is 0 Å². The lowest BCUT2D eigenvalue weighted by atomic mass is 9.90. The van der Waals surface area contributed by atoms with E-state index in [9.17, 15) is 0 Å². The topological polar surface area (TPSA) is 49.3 Å². The molecule has 3 rings (SSSR count). The van der Waals surface area contributed by atoms with Crippen molar-refractivity contribution in [3.8, 4) is 23.0 Å². The Morgan fingerprint density at radius 1 is 0.808 bits per heavy atom. The highest BCUT2D eigenvalue weighted by atomic mass is 35.5. The SMILES string of the molecule is COc1ccc(C2=NC(C)Cc3cc(OC)c(OC)cc32)cc1OC.Cl. The number of methoxy groups -OCH3 is 4. The third-order valence-electron chi connectivity index (χ3n) is 4.39. The monoisotopic (exact) mass is 377 g/mol. The van der Waals surface area contributed by atoms with Crippen molar-refractivity contribution >= 4 is 18.1 Å². The van der Waals surface area contributed by atoms with Crippen LogP contribution in [0.5, 0.6) is 23.0 Å². The number of hydrogen-bond donors (Lipinski definition) is 0. The summed E-state index contributed by atoms with van der Waals surface area (Å²) in [5, 5.41) is 0. The van der Waals surface area contributed by atoms with Gasteiger partial charge in [0.2, 0.25) is 0 Å². The Bertz CT molecular complexity index is 820. The van der Waals surface area contributed by atoms with Crippen LogP contribution in [0.4, 0.5) is 0 Å². The molecule has 0 amide bonds. The number of aliphatic imine (C=N–C) groups is 1. The Morgan fingerprint density at radius 3 is 2.00 bits per heavy atom. The number of fused-ring (bicyclic) bond motifs is 1. The molecule has 0 fully saturated rings. The van der Waals surface area contributed by atoms with E-state index in [1.54, 1.807) is 28.4 Å². The van der Waals surface area contributed by atoms with Crippen molar-refractivity contribution in [1.29, 1.82) is 0 Å². The summed E-state index contributed by atoms with van der Waals surface area (Å²) in [6, 6.07) is 10.1. The summed E-state index contributed by atoms with van der Waals surface area (Å²) < 4.78 is 21.7. The van der Waals surface area contributed by atoms with Gasteiger partial charge in [-0.1, -0.05) is 0 Å². The van der Waals surface area contributed by atoms with Crippen LogP contribution >= 0.6 is 12.4 Å². The molecule has 0 bridgehead atoms. The second-order valence-corrected chi connectivity index (χ2v) is 5.96. The standard InChI is InChI=1S/C20H23NO4.ClH/c1-12-8-14-10-18(24-4)19(25-5)11-15(14)20(21-12)13-6-7-16(22-2)17(9-13)23-3;/h6-7,9-12H,8H2,1-5H3;1H. The molecule has 0 spiro atoms. The van der Waals surface area contributed by atoms with Gasteiger partial charge < -0.3 is 18.9 Å². The van der Waals surface area contributed by atoms with Crippen LogP contribution in [0.3, 0.4) is 0 Å². The Hall–Kier alpha value is -2.40. The third-order valence-corrected chi connectivity index (χ3v) is 4.39. The van der Waals surface area contributed by atoms with Gasteiger partial charge in [0.15, 0.2) is 23.0 Å². The van der Waals surface area contributed by atoms with E-state index in [-0.39, 0.29) is 18.4 Å². The van der Waals surface area contributed by atoms with Gasteiger partial charge in [-0.2, -0.15) is 0 Å². The molecule has 0 aliphatic carbocycles.